The Labute approximate surface area is 214 Å². The highest BCUT2D eigenvalue weighted by Crippen LogP contribution is 2.34. The number of cyclic esters (lactones) is 1. The fraction of sp³-hybridized carbons (Fsp3) is 0.679. The van der Waals surface area contributed by atoms with Crippen molar-refractivity contribution in [3.63, 3.8) is 0 Å². The first-order valence-electron chi connectivity index (χ1n) is 12.6. The van der Waals surface area contributed by atoms with E-state index in [4.69, 9.17) is 4.74 Å². The molecule has 196 valence electrons. The topological polar surface area (TPSA) is 96.7 Å². The molecule has 5 atom stereocenters. The molecule has 2 rings (SSSR count). The van der Waals surface area contributed by atoms with Crippen molar-refractivity contribution in [1.82, 2.24) is 4.98 Å². The summed E-state index contributed by atoms with van der Waals surface area (Å²) in [5.74, 6) is -1.52. The molecule has 1 aromatic heterocycles. The maximum atomic E-state index is 13.2. The number of hydrogen-bond acceptors (Lipinski definition) is 7. The normalized spacial score (nSPS) is 33.7. The monoisotopic (exact) mass is 505 g/mol. The Hall–Kier alpha value is -1.83. The molecule has 0 bridgehead atoms. The van der Waals surface area contributed by atoms with E-state index in [1.54, 1.807) is 32.1 Å². The minimum atomic E-state index is -1.23. The quantitative estimate of drug-likeness (QED) is 0.398. The molecule has 1 aliphatic rings. The smallest absolute Gasteiger partial charge is 0.309 e. The van der Waals surface area contributed by atoms with Crippen LogP contribution in [0.4, 0.5) is 0 Å². The van der Waals surface area contributed by atoms with Gasteiger partial charge < -0.3 is 14.9 Å². The highest BCUT2D eigenvalue weighted by atomic mass is 32.1. The van der Waals surface area contributed by atoms with Crippen LogP contribution in [0.5, 0.6) is 0 Å². The molecule has 0 saturated heterocycles. The number of carbonyl (C=O) groups excluding carboxylic acids is 2. The summed E-state index contributed by atoms with van der Waals surface area (Å²) in [6.07, 6.45) is 4.74. The van der Waals surface area contributed by atoms with Crippen molar-refractivity contribution in [2.75, 3.05) is 0 Å². The molecule has 0 saturated carbocycles. The molecule has 0 unspecified atom stereocenters. The molecule has 2 N–H and O–H groups in total. The van der Waals surface area contributed by atoms with E-state index < -0.39 is 35.1 Å². The highest BCUT2D eigenvalue weighted by molar-refractivity contribution is 7.09. The van der Waals surface area contributed by atoms with Gasteiger partial charge in [-0.2, -0.15) is 0 Å². The number of rotatable bonds is 2. The van der Waals surface area contributed by atoms with Crippen molar-refractivity contribution in [3.8, 4) is 0 Å². The summed E-state index contributed by atoms with van der Waals surface area (Å²) < 4.78 is 6.00. The van der Waals surface area contributed by atoms with Crippen molar-refractivity contribution >= 4 is 29.2 Å². The number of hydrogen-bond donors (Lipinski definition) is 2. The molecule has 35 heavy (non-hydrogen) atoms. The number of nitrogens with zero attached hydrogens (tertiary/aromatic N) is 1. The van der Waals surface area contributed by atoms with Crippen molar-refractivity contribution < 1.29 is 24.5 Å². The second kappa shape index (κ2) is 11.9. The molecule has 6 nitrogen and oxygen atoms in total. The van der Waals surface area contributed by atoms with Gasteiger partial charge in [0.25, 0.3) is 0 Å². The van der Waals surface area contributed by atoms with Crippen LogP contribution in [0.2, 0.25) is 0 Å². The largest absolute Gasteiger partial charge is 0.454 e. The van der Waals surface area contributed by atoms with Crippen LogP contribution in [0.3, 0.4) is 0 Å². The van der Waals surface area contributed by atoms with Gasteiger partial charge in [0.2, 0.25) is 0 Å². The van der Waals surface area contributed by atoms with Crippen molar-refractivity contribution in [2.45, 2.75) is 105 Å². The molecule has 0 aromatic carbocycles. The lowest BCUT2D eigenvalue weighted by Crippen LogP contribution is -2.46. The molecule has 2 heterocycles. The number of ketones is 1. The molecule has 0 amide bonds. The van der Waals surface area contributed by atoms with Crippen LogP contribution in [0.25, 0.3) is 6.08 Å². The number of thiazole rings is 1. The van der Waals surface area contributed by atoms with Gasteiger partial charge >= 0.3 is 5.97 Å². The Balaban J connectivity index is 2.41. The fourth-order valence-electron chi connectivity index (χ4n) is 4.55. The molecule has 0 fully saturated rings. The van der Waals surface area contributed by atoms with Gasteiger partial charge in [-0.15, -0.1) is 11.3 Å². The van der Waals surface area contributed by atoms with Crippen molar-refractivity contribution in [3.05, 3.63) is 33.3 Å². The van der Waals surface area contributed by atoms with Gasteiger partial charge in [-0.25, -0.2) is 4.98 Å². The predicted molar refractivity (Wildman–Crippen MR) is 141 cm³/mol. The first kappa shape index (κ1) is 29.4. The van der Waals surface area contributed by atoms with E-state index in [1.807, 2.05) is 39.2 Å². The van der Waals surface area contributed by atoms with Crippen LogP contribution in [0.15, 0.2) is 22.6 Å². The number of ether oxygens (including phenoxy) is 1. The zero-order valence-corrected chi connectivity index (χ0v) is 23.4. The van der Waals surface area contributed by atoms with E-state index in [9.17, 15) is 19.8 Å². The molecular weight excluding hydrogens is 462 g/mol. The van der Waals surface area contributed by atoms with Crippen molar-refractivity contribution in [2.24, 2.45) is 17.3 Å². The van der Waals surface area contributed by atoms with Gasteiger partial charge in [-0.1, -0.05) is 39.3 Å². The van der Waals surface area contributed by atoms with E-state index in [0.29, 0.717) is 6.42 Å². The number of aliphatic hydroxyl groups is 2. The first-order valence-corrected chi connectivity index (χ1v) is 13.4. The second-order valence-electron chi connectivity index (χ2n) is 11.0. The Morgan fingerprint density at radius 3 is 2.46 bits per heavy atom. The van der Waals surface area contributed by atoms with Crippen LogP contribution in [0, 0.1) is 24.2 Å². The first-order chi connectivity index (χ1) is 16.2. The second-order valence-corrected chi connectivity index (χ2v) is 12.1. The van der Waals surface area contributed by atoms with Crippen LogP contribution >= 0.6 is 11.3 Å². The molecular formula is C28H43NO5S. The Morgan fingerprint density at radius 2 is 1.86 bits per heavy atom. The highest BCUT2D eigenvalue weighted by Gasteiger charge is 2.43. The Morgan fingerprint density at radius 1 is 1.20 bits per heavy atom. The maximum Gasteiger partial charge on any atom is 0.309 e. The van der Waals surface area contributed by atoms with Crippen LogP contribution in [0.1, 0.15) is 91.3 Å². The lowest BCUT2D eigenvalue weighted by atomic mass is 9.73. The third-order valence-electron chi connectivity index (χ3n) is 7.58. The minimum Gasteiger partial charge on any atom is -0.454 e. The van der Waals surface area contributed by atoms with Crippen LogP contribution in [-0.2, 0) is 14.3 Å². The lowest BCUT2D eigenvalue weighted by molar-refractivity contribution is -0.160. The van der Waals surface area contributed by atoms with Crippen LogP contribution in [-0.4, -0.2) is 44.8 Å². The lowest BCUT2D eigenvalue weighted by Gasteiger charge is -2.35. The number of carbonyl (C=O) groups is 2. The summed E-state index contributed by atoms with van der Waals surface area (Å²) in [6, 6.07) is 0. The zero-order chi connectivity index (χ0) is 26.6. The third kappa shape index (κ3) is 7.58. The molecule has 0 spiro atoms. The van der Waals surface area contributed by atoms with Gasteiger partial charge in [-0.05, 0) is 64.5 Å². The fourth-order valence-corrected chi connectivity index (χ4v) is 5.12. The summed E-state index contributed by atoms with van der Waals surface area (Å²) in [4.78, 5) is 30.8. The van der Waals surface area contributed by atoms with Gasteiger partial charge in [0.1, 0.15) is 11.4 Å². The summed E-state index contributed by atoms with van der Waals surface area (Å²) >= 11 is 1.56. The van der Waals surface area contributed by atoms with Crippen LogP contribution < -0.4 is 0 Å². The van der Waals surface area contributed by atoms with E-state index >= 15 is 0 Å². The standard InChI is InChI=1S/C28H43NO5S/c1-17-10-9-11-18(2)25(32)20(4)26(33)27(6,7)23(30)15-24(31)34-28(8,13-12-17)19(3)14-22-16-35-21(5)29-22/h12,14,16,18,20,23,25,30,32H,9-11,13,15H2,1-8H3/b17-12-,19-14+/t18-,20+,23-,25-,28-/m0/s1. The predicted octanol–water partition coefficient (Wildman–Crippen LogP) is 5.66. The molecule has 7 heteroatoms. The Kier molecular flexibility index (Phi) is 10.0. The number of aryl methyl sites for hydroxylation is 1. The molecule has 1 aliphatic heterocycles. The molecule has 1 aromatic rings. The summed E-state index contributed by atoms with van der Waals surface area (Å²) in [6.45, 7) is 14.7. The Bertz CT molecular complexity index is 962. The number of aliphatic hydroxyl groups excluding tert-OH is 2. The van der Waals surface area contributed by atoms with Gasteiger partial charge in [0, 0.05) is 17.7 Å². The summed E-state index contributed by atoms with van der Waals surface area (Å²) in [5, 5.41) is 24.6. The van der Waals surface area contributed by atoms with Crippen molar-refractivity contribution in [1.29, 1.82) is 0 Å². The number of Topliss-reactive ketones (excluding diaryl/α,β-unsaturated/α-hetero) is 1. The van der Waals surface area contributed by atoms with Gasteiger partial charge in [0.15, 0.2) is 0 Å². The van der Waals surface area contributed by atoms with Gasteiger partial charge in [-0.3, -0.25) is 9.59 Å². The van der Waals surface area contributed by atoms with E-state index in [-0.39, 0.29) is 18.1 Å². The zero-order valence-electron chi connectivity index (χ0n) is 22.6. The minimum absolute atomic E-state index is 0.0513. The van der Waals surface area contributed by atoms with E-state index in [2.05, 4.69) is 18.0 Å². The van der Waals surface area contributed by atoms with E-state index in [0.717, 1.165) is 35.5 Å². The summed E-state index contributed by atoms with van der Waals surface area (Å²) in [5.41, 5.74) is 0.743. The average Bonchev–Trinajstić information content (AvgIpc) is 3.19. The third-order valence-corrected chi connectivity index (χ3v) is 8.37. The number of esters is 1. The number of allylic oxidation sites excluding steroid dienone is 1. The van der Waals surface area contributed by atoms with Gasteiger partial charge in [0.05, 0.1) is 34.7 Å². The summed E-state index contributed by atoms with van der Waals surface area (Å²) in [7, 11) is 0. The SMILES string of the molecule is C/C1=C/C[C@@](C)(/C(C)=C/c2csc(C)n2)OC(=O)C[C@H](O)C(C)(C)C(=O)[C@H](C)[C@@H](O)[C@@H](C)CCC1. The maximum absolute atomic E-state index is 13.2. The van der Waals surface area contributed by atoms with E-state index in [1.165, 1.54) is 5.57 Å². The molecule has 0 radical (unpaired) electrons. The average molecular weight is 506 g/mol. The molecule has 0 aliphatic carbocycles. The number of aromatic nitrogens is 1.